The quantitative estimate of drug-likeness (QED) is 0.777. The fraction of sp³-hybridized carbons (Fsp3) is 0.158. The molecule has 5 nitrogen and oxygen atoms in total. The molecule has 6 heteroatoms. The van der Waals surface area contributed by atoms with Crippen LogP contribution in [0, 0.1) is 12.7 Å². The summed E-state index contributed by atoms with van der Waals surface area (Å²) in [6, 6.07) is 13.8. The molecule has 3 aromatic rings. The van der Waals surface area contributed by atoms with E-state index in [0.717, 1.165) is 5.56 Å². The molecule has 0 spiro atoms. The van der Waals surface area contributed by atoms with Gasteiger partial charge in [-0.1, -0.05) is 35.5 Å². The summed E-state index contributed by atoms with van der Waals surface area (Å²) in [5.74, 6) is -0.692. The lowest BCUT2D eigenvalue weighted by Gasteiger charge is -2.13. The number of halogens is 1. The summed E-state index contributed by atoms with van der Waals surface area (Å²) in [5.41, 5.74) is 2.39. The Morgan fingerprint density at radius 3 is 2.52 bits per heavy atom. The van der Waals surface area contributed by atoms with Crippen molar-refractivity contribution in [1.29, 1.82) is 0 Å². The highest BCUT2D eigenvalue weighted by atomic mass is 19.1. The lowest BCUT2D eigenvalue weighted by atomic mass is 10.1. The minimum absolute atomic E-state index is 0.0368. The van der Waals surface area contributed by atoms with Crippen molar-refractivity contribution in [3.63, 3.8) is 0 Å². The summed E-state index contributed by atoms with van der Waals surface area (Å²) in [7, 11) is 3.61. The second-order valence-corrected chi connectivity index (χ2v) is 5.85. The third kappa shape index (κ3) is 3.38. The minimum Gasteiger partial charge on any atom is -0.378 e. The molecule has 0 saturated carbocycles. The molecule has 3 rings (SSSR count). The molecule has 25 heavy (non-hydrogen) atoms. The Kier molecular flexibility index (Phi) is 4.52. The maximum atomic E-state index is 14.3. The number of rotatable bonds is 4. The molecule has 1 aromatic heterocycles. The van der Waals surface area contributed by atoms with E-state index in [1.54, 1.807) is 32.0 Å². The van der Waals surface area contributed by atoms with E-state index in [1.807, 2.05) is 30.3 Å². The molecule has 1 N–H and O–H groups in total. The molecule has 0 atom stereocenters. The number of carbonyl (C=O) groups excluding carboxylic acids is 1. The van der Waals surface area contributed by atoms with Crippen molar-refractivity contribution >= 4 is 17.3 Å². The first-order valence-electron chi connectivity index (χ1n) is 7.77. The van der Waals surface area contributed by atoms with Crippen LogP contribution in [-0.4, -0.2) is 25.2 Å². The lowest BCUT2D eigenvalue weighted by Crippen LogP contribution is -2.16. The predicted octanol–water partition coefficient (Wildman–Crippen LogP) is 4.11. The first-order chi connectivity index (χ1) is 12.0. The van der Waals surface area contributed by atoms with Gasteiger partial charge in [-0.2, -0.15) is 0 Å². The Hall–Kier alpha value is -3.15. The van der Waals surface area contributed by atoms with E-state index in [2.05, 4.69) is 10.5 Å². The molecule has 0 saturated heterocycles. The smallest absolute Gasteiger partial charge is 0.258 e. The molecular formula is C19H18FN3O2. The Bertz CT molecular complexity index is 904. The van der Waals surface area contributed by atoms with Gasteiger partial charge in [-0.15, -0.1) is 0 Å². The van der Waals surface area contributed by atoms with Crippen molar-refractivity contribution in [3.8, 4) is 11.3 Å². The molecule has 0 aliphatic carbocycles. The summed E-state index contributed by atoms with van der Waals surface area (Å²) in [6.07, 6.45) is 0. The first kappa shape index (κ1) is 16.7. The van der Waals surface area contributed by atoms with Crippen LogP contribution in [0.3, 0.4) is 0 Å². The number of benzene rings is 2. The SMILES string of the molecule is Cc1noc(-c2ccccc2)c1NC(=O)c1ccc(N(C)C)cc1F. The van der Waals surface area contributed by atoms with E-state index in [-0.39, 0.29) is 5.56 Å². The number of nitrogens with zero attached hydrogens (tertiary/aromatic N) is 2. The summed E-state index contributed by atoms with van der Waals surface area (Å²) in [6.45, 7) is 1.72. The van der Waals surface area contributed by atoms with Crippen molar-refractivity contribution in [2.24, 2.45) is 0 Å². The van der Waals surface area contributed by atoms with E-state index < -0.39 is 11.7 Å². The zero-order valence-electron chi connectivity index (χ0n) is 14.2. The van der Waals surface area contributed by atoms with Crippen LogP contribution in [0.4, 0.5) is 15.8 Å². The van der Waals surface area contributed by atoms with Gasteiger partial charge in [0.25, 0.3) is 5.91 Å². The standard InChI is InChI=1S/C19H18FN3O2/c1-12-17(18(25-22-12)13-7-5-4-6-8-13)21-19(24)15-10-9-14(23(2)3)11-16(15)20/h4-11H,1-3H3,(H,21,24). The maximum absolute atomic E-state index is 14.3. The highest BCUT2D eigenvalue weighted by molar-refractivity contribution is 6.06. The summed E-state index contributed by atoms with van der Waals surface area (Å²) in [4.78, 5) is 14.3. The molecule has 0 unspecified atom stereocenters. The Labute approximate surface area is 145 Å². The third-order valence-corrected chi connectivity index (χ3v) is 3.85. The van der Waals surface area contributed by atoms with Crippen LogP contribution < -0.4 is 10.2 Å². The molecule has 128 valence electrons. The predicted molar refractivity (Wildman–Crippen MR) is 95.4 cm³/mol. The third-order valence-electron chi connectivity index (χ3n) is 3.85. The Morgan fingerprint density at radius 1 is 1.16 bits per heavy atom. The second-order valence-electron chi connectivity index (χ2n) is 5.85. The number of aromatic nitrogens is 1. The molecule has 0 fully saturated rings. The summed E-state index contributed by atoms with van der Waals surface area (Å²) >= 11 is 0. The molecule has 0 bridgehead atoms. The van der Waals surface area contributed by atoms with Crippen LogP contribution >= 0.6 is 0 Å². The van der Waals surface area contributed by atoms with Gasteiger partial charge in [0, 0.05) is 25.3 Å². The van der Waals surface area contributed by atoms with Gasteiger partial charge in [-0.05, 0) is 25.1 Å². The van der Waals surface area contributed by atoms with Crippen LogP contribution in [0.1, 0.15) is 16.1 Å². The topological polar surface area (TPSA) is 58.4 Å². The van der Waals surface area contributed by atoms with Gasteiger partial charge < -0.3 is 14.7 Å². The number of amides is 1. The number of anilines is 2. The number of hydrogen-bond donors (Lipinski definition) is 1. The average molecular weight is 339 g/mol. The molecule has 1 amide bonds. The zero-order chi connectivity index (χ0) is 18.0. The van der Waals surface area contributed by atoms with Crippen LogP contribution in [0.25, 0.3) is 11.3 Å². The second kappa shape index (κ2) is 6.76. The maximum Gasteiger partial charge on any atom is 0.258 e. The number of aryl methyl sites for hydroxylation is 1. The highest BCUT2D eigenvalue weighted by Gasteiger charge is 2.20. The van der Waals surface area contributed by atoms with Crippen molar-refractivity contribution in [1.82, 2.24) is 5.16 Å². The van der Waals surface area contributed by atoms with Crippen molar-refractivity contribution in [2.45, 2.75) is 6.92 Å². The van der Waals surface area contributed by atoms with Gasteiger partial charge in [0.15, 0.2) is 5.76 Å². The van der Waals surface area contributed by atoms with E-state index >= 15 is 0 Å². The van der Waals surface area contributed by atoms with Gasteiger partial charge in [0.05, 0.1) is 5.56 Å². The molecular weight excluding hydrogens is 321 g/mol. The summed E-state index contributed by atoms with van der Waals surface area (Å²) in [5, 5.41) is 6.62. The molecule has 2 aromatic carbocycles. The van der Waals surface area contributed by atoms with Crippen molar-refractivity contribution in [2.75, 3.05) is 24.3 Å². The molecule has 0 radical (unpaired) electrons. The monoisotopic (exact) mass is 339 g/mol. The molecule has 0 aliphatic heterocycles. The normalized spacial score (nSPS) is 10.6. The van der Waals surface area contributed by atoms with Gasteiger partial charge >= 0.3 is 0 Å². The van der Waals surface area contributed by atoms with Crippen LogP contribution in [0.5, 0.6) is 0 Å². The summed E-state index contributed by atoms with van der Waals surface area (Å²) < 4.78 is 19.6. The molecule has 0 aliphatic rings. The van der Waals surface area contributed by atoms with E-state index in [4.69, 9.17) is 4.52 Å². The Balaban J connectivity index is 1.91. The lowest BCUT2D eigenvalue weighted by molar-refractivity contribution is 0.102. The first-order valence-corrected chi connectivity index (χ1v) is 7.77. The number of carbonyl (C=O) groups is 1. The van der Waals surface area contributed by atoms with Gasteiger partial charge in [-0.25, -0.2) is 4.39 Å². The highest BCUT2D eigenvalue weighted by Crippen LogP contribution is 2.31. The van der Waals surface area contributed by atoms with Crippen molar-refractivity contribution in [3.05, 3.63) is 65.6 Å². The fourth-order valence-corrected chi connectivity index (χ4v) is 2.45. The Morgan fingerprint density at radius 2 is 1.88 bits per heavy atom. The fourth-order valence-electron chi connectivity index (χ4n) is 2.45. The van der Waals surface area contributed by atoms with E-state index in [0.29, 0.717) is 22.8 Å². The number of hydrogen-bond acceptors (Lipinski definition) is 4. The minimum atomic E-state index is -0.584. The van der Waals surface area contributed by atoms with Crippen LogP contribution in [0.2, 0.25) is 0 Å². The molecule has 1 heterocycles. The number of nitrogens with one attached hydrogen (secondary N) is 1. The van der Waals surface area contributed by atoms with Gasteiger partial charge in [0.2, 0.25) is 0 Å². The zero-order valence-corrected chi connectivity index (χ0v) is 14.2. The van der Waals surface area contributed by atoms with Crippen LogP contribution in [-0.2, 0) is 0 Å². The van der Waals surface area contributed by atoms with Crippen LogP contribution in [0.15, 0.2) is 53.1 Å². The van der Waals surface area contributed by atoms with Crippen molar-refractivity contribution < 1.29 is 13.7 Å². The van der Waals surface area contributed by atoms with Gasteiger partial charge in [0.1, 0.15) is 17.2 Å². The van der Waals surface area contributed by atoms with E-state index in [9.17, 15) is 9.18 Å². The largest absolute Gasteiger partial charge is 0.378 e. The van der Waals surface area contributed by atoms with Gasteiger partial charge in [-0.3, -0.25) is 4.79 Å². The average Bonchev–Trinajstić information content (AvgIpc) is 2.96. The van der Waals surface area contributed by atoms with E-state index in [1.165, 1.54) is 12.1 Å².